The number of ether oxygens (including phenoxy) is 1. The zero-order valence-corrected chi connectivity index (χ0v) is 17.2. The Morgan fingerprint density at radius 2 is 1.93 bits per heavy atom. The Hall–Kier alpha value is -2.89. The number of fused-ring (bicyclic) bond motifs is 1. The number of carbonyl (C=O) groups is 1. The third-order valence-electron chi connectivity index (χ3n) is 4.72. The van der Waals surface area contributed by atoms with E-state index in [1.165, 1.54) is 0 Å². The first-order chi connectivity index (χ1) is 13.4. The van der Waals surface area contributed by atoms with E-state index in [0.717, 1.165) is 34.3 Å². The SMILES string of the molecule is Cc1nn(C)c2nc(OC(C)C(=O)NCCC(C)C)cc(-c3ccccc3)c12. The summed E-state index contributed by atoms with van der Waals surface area (Å²) in [5.41, 5.74) is 3.71. The van der Waals surface area contributed by atoms with Crippen LogP contribution in [-0.2, 0) is 11.8 Å². The van der Waals surface area contributed by atoms with Gasteiger partial charge in [0.25, 0.3) is 5.91 Å². The Morgan fingerprint density at radius 3 is 2.61 bits per heavy atom. The molecule has 1 aromatic carbocycles. The quantitative estimate of drug-likeness (QED) is 0.675. The predicted molar refractivity (Wildman–Crippen MR) is 111 cm³/mol. The lowest BCUT2D eigenvalue weighted by atomic mass is 10.0. The normalized spacial score (nSPS) is 12.4. The Bertz CT molecular complexity index is 964. The fourth-order valence-electron chi connectivity index (χ4n) is 3.19. The summed E-state index contributed by atoms with van der Waals surface area (Å²) in [5.74, 6) is 0.827. The number of carbonyl (C=O) groups excluding carboxylic acids is 1. The number of hydrogen-bond acceptors (Lipinski definition) is 4. The van der Waals surface area contributed by atoms with E-state index in [0.29, 0.717) is 18.3 Å². The van der Waals surface area contributed by atoms with Gasteiger partial charge in [-0.15, -0.1) is 0 Å². The second-order valence-corrected chi connectivity index (χ2v) is 7.52. The van der Waals surface area contributed by atoms with Crippen molar-refractivity contribution in [3.8, 4) is 17.0 Å². The molecule has 2 aromatic heterocycles. The van der Waals surface area contributed by atoms with Crippen LogP contribution in [0.4, 0.5) is 0 Å². The lowest BCUT2D eigenvalue weighted by Gasteiger charge is -2.16. The van der Waals surface area contributed by atoms with Gasteiger partial charge in [0, 0.05) is 19.7 Å². The van der Waals surface area contributed by atoms with Crippen LogP contribution < -0.4 is 10.1 Å². The van der Waals surface area contributed by atoms with Gasteiger partial charge in [-0.05, 0) is 37.3 Å². The van der Waals surface area contributed by atoms with E-state index in [9.17, 15) is 4.79 Å². The van der Waals surface area contributed by atoms with E-state index < -0.39 is 6.10 Å². The average molecular weight is 380 g/mol. The van der Waals surface area contributed by atoms with E-state index in [2.05, 4.69) is 29.2 Å². The molecule has 28 heavy (non-hydrogen) atoms. The monoisotopic (exact) mass is 380 g/mol. The van der Waals surface area contributed by atoms with E-state index >= 15 is 0 Å². The van der Waals surface area contributed by atoms with Gasteiger partial charge in [0.2, 0.25) is 5.88 Å². The highest BCUT2D eigenvalue weighted by atomic mass is 16.5. The molecule has 0 saturated carbocycles. The number of pyridine rings is 1. The van der Waals surface area contributed by atoms with Crippen molar-refractivity contribution < 1.29 is 9.53 Å². The highest BCUT2D eigenvalue weighted by Crippen LogP contribution is 2.33. The van der Waals surface area contributed by atoms with Crippen molar-refractivity contribution in [3.63, 3.8) is 0 Å². The van der Waals surface area contributed by atoms with Crippen molar-refractivity contribution in [2.24, 2.45) is 13.0 Å². The van der Waals surface area contributed by atoms with Crippen molar-refractivity contribution in [1.82, 2.24) is 20.1 Å². The molecule has 6 nitrogen and oxygen atoms in total. The first kappa shape index (κ1) is 19.9. The fourth-order valence-corrected chi connectivity index (χ4v) is 3.19. The highest BCUT2D eigenvalue weighted by Gasteiger charge is 2.19. The van der Waals surface area contributed by atoms with E-state index in [1.807, 2.05) is 50.4 Å². The van der Waals surface area contributed by atoms with Gasteiger partial charge < -0.3 is 10.1 Å². The number of aryl methyl sites for hydroxylation is 2. The molecule has 3 aromatic rings. The Kier molecular flexibility index (Phi) is 5.97. The minimum atomic E-state index is -0.630. The van der Waals surface area contributed by atoms with Gasteiger partial charge >= 0.3 is 0 Å². The van der Waals surface area contributed by atoms with Crippen molar-refractivity contribution in [3.05, 3.63) is 42.1 Å². The number of rotatable bonds is 7. The number of amides is 1. The van der Waals surface area contributed by atoms with Crippen LogP contribution in [0.3, 0.4) is 0 Å². The summed E-state index contributed by atoms with van der Waals surface area (Å²) in [6, 6.07) is 12.0. The maximum atomic E-state index is 12.3. The number of nitrogens with one attached hydrogen (secondary N) is 1. The Balaban J connectivity index is 1.90. The molecule has 0 bridgehead atoms. The topological polar surface area (TPSA) is 69.0 Å². The van der Waals surface area contributed by atoms with Gasteiger partial charge in [-0.1, -0.05) is 44.2 Å². The van der Waals surface area contributed by atoms with Gasteiger partial charge in [0.1, 0.15) is 0 Å². The number of hydrogen-bond donors (Lipinski definition) is 1. The van der Waals surface area contributed by atoms with Gasteiger partial charge in [-0.3, -0.25) is 9.48 Å². The maximum absolute atomic E-state index is 12.3. The van der Waals surface area contributed by atoms with Crippen LogP contribution in [0.1, 0.15) is 32.9 Å². The standard InChI is InChI=1S/C22H28N4O2/c1-14(2)11-12-23-22(27)16(4)28-19-13-18(17-9-7-6-8-10-17)20-15(3)25-26(5)21(20)24-19/h6-10,13-14,16H,11-12H2,1-5H3,(H,23,27). The van der Waals surface area contributed by atoms with Crippen LogP contribution in [0.2, 0.25) is 0 Å². The third-order valence-corrected chi connectivity index (χ3v) is 4.72. The summed E-state index contributed by atoms with van der Waals surface area (Å²) in [6.45, 7) is 8.63. The summed E-state index contributed by atoms with van der Waals surface area (Å²) < 4.78 is 7.65. The second-order valence-electron chi connectivity index (χ2n) is 7.52. The van der Waals surface area contributed by atoms with Gasteiger partial charge in [-0.25, -0.2) is 0 Å². The molecule has 0 fully saturated rings. The molecule has 0 radical (unpaired) electrons. The van der Waals surface area contributed by atoms with Crippen molar-refractivity contribution in [2.45, 2.75) is 40.2 Å². The molecule has 1 N–H and O–H groups in total. The van der Waals surface area contributed by atoms with Crippen molar-refractivity contribution in [2.75, 3.05) is 6.54 Å². The molecule has 3 rings (SSSR count). The first-order valence-corrected chi connectivity index (χ1v) is 9.71. The molecule has 0 saturated heterocycles. The maximum Gasteiger partial charge on any atom is 0.260 e. The van der Waals surface area contributed by atoms with Crippen LogP contribution in [0.15, 0.2) is 36.4 Å². The molecule has 6 heteroatoms. The molecule has 0 aliphatic carbocycles. The molecule has 2 heterocycles. The smallest absolute Gasteiger partial charge is 0.260 e. The fraction of sp³-hybridized carbons (Fsp3) is 0.409. The first-order valence-electron chi connectivity index (χ1n) is 9.71. The summed E-state index contributed by atoms with van der Waals surface area (Å²) in [5, 5.41) is 8.43. The van der Waals surface area contributed by atoms with Crippen LogP contribution in [0.25, 0.3) is 22.2 Å². The molecule has 1 unspecified atom stereocenters. The number of aromatic nitrogens is 3. The molecule has 1 atom stereocenters. The summed E-state index contributed by atoms with van der Waals surface area (Å²) in [7, 11) is 1.86. The van der Waals surface area contributed by atoms with Crippen LogP contribution in [0, 0.1) is 12.8 Å². The minimum absolute atomic E-state index is 0.134. The van der Waals surface area contributed by atoms with Crippen molar-refractivity contribution in [1.29, 1.82) is 0 Å². The minimum Gasteiger partial charge on any atom is -0.464 e. The van der Waals surface area contributed by atoms with Gasteiger partial charge in [-0.2, -0.15) is 10.1 Å². The van der Waals surface area contributed by atoms with E-state index in [-0.39, 0.29) is 5.91 Å². The van der Waals surface area contributed by atoms with Crippen LogP contribution in [0.5, 0.6) is 5.88 Å². The lowest BCUT2D eigenvalue weighted by Crippen LogP contribution is -2.37. The highest BCUT2D eigenvalue weighted by molar-refractivity contribution is 5.95. The third kappa shape index (κ3) is 4.32. The second kappa shape index (κ2) is 8.42. The molecular weight excluding hydrogens is 352 g/mol. The van der Waals surface area contributed by atoms with Crippen molar-refractivity contribution >= 4 is 16.9 Å². The summed E-state index contributed by atoms with van der Waals surface area (Å²) in [6.07, 6.45) is 0.310. The zero-order chi connectivity index (χ0) is 20.3. The Morgan fingerprint density at radius 1 is 1.21 bits per heavy atom. The molecule has 0 aliphatic rings. The molecule has 0 spiro atoms. The molecule has 148 valence electrons. The number of benzene rings is 1. The molecule has 1 amide bonds. The van der Waals surface area contributed by atoms with E-state index in [4.69, 9.17) is 4.74 Å². The van der Waals surface area contributed by atoms with E-state index in [1.54, 1.807) is 11.6 Å². The lowest BCUT2D eigenvalue weighted by molar-refractivity contribution is -0.127. The average Bonchev–Trinajstić information content (AvgIpc) is 2.95. The van der Waals surface area contributed by atoms with Crippen LogP contribution in [-0.4, -0.2) is 33.3 Å². The van der Waals surface area contributed by atoms with Gasteiger partial charge in [0.05, 0.1) is 11.1 Å². The Labute approximate surface area is 165 Å². The van der Waals surface area contributed by atoms with Crippen LogP contribution >= 0.6 is 0 Å². The van der Waals surface area contributed by atoms with Gasteiger partial charge in [0.15, 0.2) is 11.8 Å². The molecular formula is C22H28N4O2. The number of nitrogens with zero attached hydrogens (tertiary/aromatic N) is 3. The summed E-state index contributed by atoms with van der Waals surface area (Å²) in [4.78, 5) is 16.9. The predicted octanol–water partition coefficient (Wildman–Crippen LogP) is 3.87. The largest absolute Gasteiger partial charge is 0.464 e. The zero-order valence-electron chi connectivity index (χ0n) is 17.2. The molecule has 0 aliphatic heterocycles. The summed E-state index contributed by atoms with van der Waals surface area (Å²) >= 11 is 0.